The second kappa shape index (κ2) is 21.4. The molecule has 14 rings (SSSR count). The zero-order valence-electron chi connectivity index (χ0n) is 56.9. The molecule has 1 aliphatic carbocycles. The van der Waals surface area contributed by atoms with E-state index in [0.717, 1.165) is 29.9 Å². The summed E-state index contributed by atoms with van der Waals surface area (Å²) >= 11 is 0. The highest BCUT2D eigenvalue weighted by Gasteiger charge is 2.45. The predicted octanol–water partition coefficient (Wildman–Crippen LogP) is 22.2. The second-order valence-electron chi connectivity index (χ2n) is 31.5. The highest BCUT2D eigenvalue weighted by Crippen LogP contribution is 2.51. The van der Waals surface area contributed by atoms with Crippen molar-refractivity contribution in [3.05, 3.63) is 245 Å². The first-order valence-electron chi connectivity index (χ1n) is 33.3. The van der Waals surface area contributed by atoms with Crippen LogP contribution in [-0.2, 0) is 21.7 Å². The molecule has 0 atom stereocenters. The summed E-state index contributed by atoms with van der Waals surface area (Å²) in [6.07, 6.45) is 11.7. The van der Waals surface area contributed by atoms with Crippen LogP contribution in [0.2, 0.25) is 0 Å². The molecule has 4 heterocycles. The van der Waals surface area contributed by atoms with Gasteiger partial charge in [-0.05, 0) is 188 Å². The molecule has 3 aliphatic rings. The topological polar surface area (TPSA) is 16.3 Å². The van der Waals surface area contributed by atoms with Gasteiger partial charge in [0.25, 0.3) is 6.71 Å². The van der Waals surface area contributed by atoms with Crippen molar-refractivity contribution in [3.63, 3.8) is 0 Å². The summed E-state index contributed by atoms with van der Waals surface area (Å²) in [5.74, 6) is 0. The molecule has 0 unspecified atom stereocenters. The third-order valence-electron chi connectivity index (χ3n) is 20.3. The van der Waals surface area contributed by atoms with Gasteiger partial charge in [0.05, 0.1) is 27.9 Å². The maximum atomic E-state index is 2.67. The van der Waals surface area contributed by atoms with E-state index >= 15 is 0 Å². The summed E-state index contributed by atoms with van der Waals surface area (Å²) in [7, 11) is 0. The molecule has 4 nitrogen and oxygen atoms in total. The summed E-state index contributed by atoms with van der Waals surface area (Å²) in [5.41, 5.74) is 30.6. The minimum atomic E-state index is -0.224. The van der Waals surface area contributed by atoms with Gasteiger partial charge in [-0.1, -0.05) is 231 Å². The number of nitrogens with zero attached hydrogens (tertiary/aromatic N) is 4. The normalized spacial score (nSPS) is 14.6. The molecule has 0 saturated carbocycles. The highest BCUT2D eigenvalue weighted by atomic mass is 15.2. The molecule has 91 heavy (non-hydrogen) atoms. The number of allylic oxidation sites excluding steroid dienone is 5. The molecule has 11 aromatic rings. The zero-order valence-corrected chi connectivity index (χ0v) is 56.9. The fraction of sp³-hybridized carbons (Fsp3) is 0.279. The molecular weight excluding hydrogens is 1100 g/mol. The Balaban J connectivity index is 1.10. The Morgan fingerprint density at radius 2 is 0.879 bits per heavy atom. The van der Waals surface area contributed by atoms with E-state index in [1.807, 2.05) is 0 Å². The lowest BCUT2D eigenvalue weighted by Gasteiger charge is -2.46. The second-order valence-corrected chi connectivity index (χ2v) is 31.5. The molecule has 9 aromatic carbocycles. The lowest BCUT2D eigenvalue weighted by Crippen LogP contribution is -2.61. The van der Waals surface area contributed by atoms with Crippen molar-refractivity contribution in [1.29, 1.82) is 0 Å². The van der Waals surface area contributed by atoms with E-state index in [2.05, 4.69) is 343 Å². The fourth-order valence-corrected chi connectivity index (χ4v) is 14.5. The smallest absolute Gasteiger partial charge is 0.252 e. The number of aromatic nitrogens is 2. The number of hydrogen-bond donors (Lipinski definition) is 0. The summed E-state index contributed by atoms with van der Waals surface area (Å²) in [4.78, 5) is 5.32. The minimum Gasteiger partial charge on any atom is -0.313 e. The molecule has 5 heteroatoms. The molecule has 0 saturated heterocycles. The van der Waals surface area contributed by atoms with Crippen LogP contribution >= 0.6 is 0 Å². The number of para-hydroxylation sites is 2. The Hall–Kier alpha value is -8.80. The first-order valence-corrected chi connectivity index (χ1v) is 33.3. The van der Waals surface area contributed by atoms with Crippen LogP contribution in [0, 0.1) is 12.3 Å². The number of fused-ring (bicyclic) bond motifs is 8. The van der Waals surface area contributed by atoms with Crippen LogP contribution in [0.5, 0.6) is 0 Å². The summed E-state index contributed by atoms with van der Waals surface area (Å²) in [6, 6.07) is 71.0. The van der Waals surface area contributed by atoms with Crippen molar-refractivity contribution in [3.8, 4) is 22.5 Å². The van der Waals surface area contributed by atoms with E-state index < -0.39 is 0 Å². The third kappa shape index (κ3) is 10.1. The quantitative estimate of drug-likeness (QED) is 0.148. The number of anilines is 6. The standard InChI is InChI=1S/C86H89BN4/c1-54(82(3,4)5)46-66-55(2)88(74-43-36-58(47-67(66)74)83(6,7)8)62-39-41-70-77(52-62)90(72-34-26-24-32-64(72)56-28-20-18-21-29-56)79-50-61(86(15,16)17)51-80-81(79)87(70)71-42-40-63(53-78(71)91(80)73-35-27-25-33-65(73)57-30-22-19-23-31-57)89-75-44-37-59(84(9,10)11)48-68(75)69-49-60(85(12,13)14)38-45-76(69)89/h19-20,22-53H,18,21H2,1-17H3/b54-46+. The van der Waals surface area contributed by atoms with E-state index in [1.165, 1.54) is 139 Å². The van der Waals surface area contributed by atoms with E-state index in [0.29, 0.717) is 0 Å². The summed E-state index contributed by atoms with van der Waals surface area (Å²) in [6.45, 7) is 39.6. The lowest BCUT2D eigenvalue weighted by atomic mass is 9.33. The molecule has 2 aromatic heterocycles. The molecule has 0 bridgehead atoms. The average Bonchev–Trinajstić information content (AvgIpc) is 1.04. The summed E-state index contributed by atoms with van der Waals surface area (Å²) < 4.78 is 5.10. The average molecular weight is 1190 g/mol. The lowest BCUT2D eigenvalue weighted by molar-refractivity contribution is 0.508. The Labute approximate surface area is 542 Å². The van der Waals surface area contributed by atoms with Gasteiger partial charge in [-0.25, -0.2) is 0 Å². The van der Waals surface area contributed by atoms with Crippen LogP contribution in [0.4, 0.5) is 34.1 Å². The molecular formula is C86H89BN4. The van der Waals surface area contributed by atoms with Gasteiger partial charge in [0.2, 0.25) is 0 Å². The van der Waals surface area contributed by atoms with E-state index in [1.54, 1.807) is 0 Å². The fourth-order valence-electron chi connectivity index (χ4n) is 14.5. The van der Waals surface area contributed by atoms with Crippen molar-refractivity contribution in [2.75, 3.05) is 9.80 Å². The zero-order chi connectivity index (χ0) is 64.0. The van der Waals surface area contributed by atoms with Gasteiger partial charge in [0, 0.05) is 72.7 Å². The Morgan fingerprint density at radius 1 is 0.418 bits per heavy atom. The van der Waals surface area contributed by atoms with E-state index in [9.17, 15) is 0 Å². The van der Waals surface area contributed by atoms with Crippen LogP contribution in [0.1, 0.15) is 163 Å². The van der Waals surface area contributed by atoms with E-state index in [4.69, 9.17) is 0 Å². The predicted molar refractivity (Wildman–Crippen MR) is 396 cm³/mol. The maximum absolute atomic E-state index is 2.67. The van der Waals surface area contributed by atoms with Gasteiger partial charge < -0.3 is 18.9 Å². The molecule has 2 aliphatic heterocycles. The molecule has 0 spiro atoms. The molecule has 0 N–H and O–H groups in total. The highest BCUT2D eigenvalue weighted by molar-refractivity contribution is 7.00. The van der Waals surface area contributed by atoms with Crippen molar-refractivity contribution < 1.29 is 0 Å². The molecule has 0 fully saturated rings. The van der Waals surface area contributed by atoms with Gasteiger partial charge in [0.15, 0.2) is 0 Å². The van der Waals surface area contributed by atoms with Crippen LogP contribution in [-0.4, -0.2) is 15.8 Å². The SMILES string of the molecule is C/C(=C\c1c(C)n(-c2ccc3c(c2)N(c2ccccc2C2=CCCC=C2)c2cc(C(C)(C)C)cc4c2B3c2ccc(-n3c5ccc(C(C)(C)C)cc5c5cc(C(C)(C)C)ccc53)cc2N4c2ccccc2-c2ccccc2)c2ccc(C(C)(C)C)cc12)C(C)(C)C. The van der Waals surface area contributed by atoms with Crippen LogP contribution in [0.3, 0.4) is 0 Å². The Kier molecular flexibility index (Phi) is 14.1. The van der Waals surface area contributed by atoms with Crippen molar-refractivity contribution >= 4 is 102 Å². The first kappa shape index (κ1) is 59.8. The van der Waals surface area contributed by atoms with Crippen molar-refractivity contribution in [1.82, 2.24) is 9.13 Å². The van der Waals surface area contributed by atoms with Gasteiger partial charge >= 0.3 is 0 Å². The monoisotopic (exact) mass is 1190 g/mol. The van der Waals surface area contributed by atoms with Gasteiger partial charge in [-0.2, -0.15) is 0 Å². The third-order valence-corrected chi connectivity index (χ3v) is 20.3. The first-order chi connectivity index (χ1) is 43.1. The van der Waals surface area contributed by atoms with Gasteiger partial charge in [-0.15, -0.1) is 0 Å². The maximum Gasteiger partial charge on any atom is 0.252 e. The minimum absolute atomic E-state index is 0.00927. The Bertz CT molecular complexity index is 4790. The largest absolute Gasteiger partial charge is 0.313 e. The molecule has 0 radical (unpaired) electrons. The molecule has 0 amide bonds. The van der Waals surface area contributed by atoms with Gasteiger partial charge in [-0.3, -0.25) is 0 Å². The van der Waals surface area contributed by atoms with E-state index in [-0.39, 0.29) is 33.8 Å². The number of hydrogen-bond acceptors (Lipinski definition) is 2. The van der Waals surface area contributed by atoms with Gasteiger partial charge in [0.1, 0.15) is 0 Å². The summed E-state index contributed by atoms with van der Waals surface area (Å²) in [5, 5.41) is 3.86. The van der Waals surface area contributed by atoms with Crippen molar-refractivity contribution in [2.45, 2.75) is 152 Å². The van der Waals surface area contributed by atoms with Crippen LogP contribution < -0.4 is 26.2 Å². The van der Waals surface area contributed by atoms with Crippen LogP contribution in [0.25, 0.3) is 66.9 Å². The Morgan fingerprint density at radius 3 is 1.37 bits per heavy atom. The molecule has 456 valence electrons. The number of rotatable bonds is 7. The van der Waals surface area contributed by atoms with Crippen molar-refractivity contribution in [2.24, 2.45) is 5.41 Å². The number of benzene rings is 9. The van der Waals surface area contributed by atoms with Crippen LogP contribution in [0.15, 0.2) is 206 Å².